The normalized spacial score (nSPS) is 14.5. The summed E-state index contributed by atoms with van der Waals surface area (Å²) in [4.78, 5) is 0. The zero-order valence-corrected chi connectivity index (χ0v) is 11.0. The van der Waals surface area contributed by atoms with Crippen LogP contribution in [0.4, 0.5) is 11.4 Å². The zero-order valence-electron chi connectivity index (χ0n) is 9.46. The Morgan fingerprint density at radius 1 is 1.56 bits per heavy atom. The first-order valence-electron chi connectivity index (χ1n) is 4.95. The highest BCUT2D eigenvalue weighted by Crippen LogP contribution is 2.28. The molecule has 1 aromatic carbocycles. The fraction of sp³-hybridized carbons (Fsp3) is 0.455. The maximum Gasteiger partial charge on any atom is 0.0881 e. The van der Waals surface area contributed by atoms with E-state index in [9.17, 15) is 5.11 Å². The van der Waals surface area contributed by atoms with E-state index in [0.717, 1.165) is 0 Å². The van der Waals surface area contributed by atoms with Gasteiger partial charge in [0, 0.05) is 12.3 Å². The number of anilines is 2. The first-order valence-corrected chi connectivity index (χ1v) is 6.72. The van der Waals surface area contributed by atoms with Crippen molar-refractivity contribution in [3.63, 3.8) is 0 Å². The van der Waals surface area contributed by atoms with Gasteiger partial charge in [0.1, 0.15) is 0 Å². The second-order valence-electron chi connectivity index (χ2n) is 3.99. The maximum atomic E-state index is 9.99. The molecule has 0 saturated heterocycles. The lowest BCUT2D eigenvalue weighted by Gasteiger charge is -2.24. The van der Waals surface area contributed by atoms with Crippen molar-refractivity contribution in [2.75, 3.05) is 29.6 Å². The van der Waals surface area contributed by atoms with E-state index < -0.39 is 5.60 Å². The van der Waals surface area contributed by atoms with Crippen LogP contribution in [0.2, 0.25) is 5.02 Å². The molecule has 0 saturated carbocycles. The van der Waals surface area contributed by atoms with Gasteiger partial charge < -0.3 is 16.2 Å². The fourth-order valence-electron chi connectivity index (χ4n) is 1.37. The van der Waals surface area contributed by atoms with Crippen LogP contribution in [0.1, 0.15) is 6.92 Å². The highest BCUT2D eigenvalue weighted by Gasteiger charge is 2.20. The first kappa shape index (κ1) is 13.5. The van der Waals surface area contributed by atoms with Gasteiger partial charge in [-0.2, -0.15) is 11.8 Å². The number of hydrogen-bond donors (Lipinski definition) is 3. The molecule has 4 N–H and O–H groups in total. The predicted octanol–water partition coefficient (Wildman–Crippen LogP) is 2.45. The van der Waals surface area contributed by atoms with Crippen LogP contribution >= 0.6 is 23.4 Å². The number of rotatable bonds is 5. The van der Waals surface area contributed by atoms with Gasteiger partial charge >= 0.3 is 0 Å². The number of nitrogen functional groups attached to an aromatic ring is 1. The van der Waals surface area contributed by atoms with Crippen LogP contribution in [0.5, 0.6) is 0 Å². The van der Waals surface area contributed by atoms with Gasteiger partial charge in [0.2, 0.25) is 0 Å². The van der Waals surface area contributed by atoms with Gasteiger partial charge in [-0.1, -0.05) is 17.7 Å². The number of nitrogens with two attached hydrogens (primary N) is 1. The molecule has 0 aliphatic rings. The van der Waals surface area contributed by atoms with Crippen molar-refractivity contribution in [1.29, 1.82) is 0 Å². The maximum absolute atomic E-state index is 9.99. The molecule has 0 aliphatic heterocycles. The quantitative estimate of drug-likeness (QED) is 0.712. The molecular weight excluding hydrogens is 244 g/mol. The standard InChI is InChI=1S/C11H17ClN2OS/c1-11(15,7-16-2)6-14-10-8(12)4-3-5-9(10)13/h3-5,14-15H,6-7,13H2,1-2H3. The summed E-state index contributed by atoms with van der Waals surface area (Å²) in [5.74, 6) is 0.657. The molecule has 0 spiro atoms. The van der Waals surface area contributed by atoms with Crippen molar-refractivity contribution in [2.24, 2.45) is 0 Å². The number of thioether (sulfide) groups is 1. The number of hydrogen-bond acceptors (Lipinski definition) is 4. The van der Waals surface area contributed by atoms with Gasteiger partial charge in [-0.3, -0.25) is 0 Å². The van der Waals surface area contributed by atoms with Crippen molar-refractivity contribution in [3.8, 4) is 0 Å². The highest BCUT2D eigenvalue weighted by molar-refractivity contribution is 7.98. The first-order chi connectivity index (χ1) is 7.46. The Balaban J connectivity index is 2.68. The Labute approximate surface area is 105 Å². The summed E-state index contributed by atoms with van der Waals surface area (Å²) in [5.41, 5.74) is 6.29. The van der Waals surface area contributed by atoms with Gasteiger partial charge in [-0.25, -0.2) is 0 Å². The summed E-state index contributed by atoms with van der Waals surface area (Å²) in [6.45, 7) is 2.20. The molecule has 0 amide bonds. The van der Waals surface area contributed by atoms with Gasteiger partial charge in [0.15, 0.2) is 0 Å². The van der Waals surface area contributed by atoms with Crippen molar-refractivity contribution < 1.29 is 5.11 Å². The van der Waals surface area contributed by atoms with E-state index in [1.165, 1.54) is 0 Å². The van der Waals surface area contributed by atoms with Gasteiger partial charge in [0.05, 0.1) is 22.0 Å². The second-order valence-corrected chi connectivity index (χ2v) is 5.26. The molecule has 0 heterocycles. The molecule has 3 nitrogen and oxygen atoms in total. The summed E-state index contributed by atoms with van der Waals surface area (Å²) < 4.78 is 0. The van der Waals surface area contributed by atoms with Crippen LogP contribution in [0, 0.1) is 0 Å². The zero-order chi connectivity index (χ0) is 12.2. The third-order valence-electron chi connectivity index (χ3n) is 2.15. The van der Waals surface area contributed by atoms with Crippen molar-refractivity contribution in [1.82, 2.24) is 0 Å². The van der Waals surface area contributed by atoms with E-state index in [-0.39, 0.29) is 0 Å². The van der Waals surface area contributed by atoms with Gasteiger partial charge in [-0.15, -0.1) is 0 Å². The molecule has 0 fully saturated rings. The second kappa shape index (κ2) is 5.66. The topological polar surface area (TPSA) is 58.3 Å². The van der Waals surface area contributed by atoms with E-state index in [4.69, 9.17) is 17.3 Å². The van der Waals surface area contributed by atoms with Crippen molar-refractivity contribution in [3.05, 3.63) is 23.2 Å². The summed E-state index contributed by atoms with van der Waals surface area (Å²) in [5, 5.41) is 13.6. The SMILES string of the molecule is CSCC(C)(O)CNc1c(N)cccc1Cl. The summed E-state index contributed by atoms with van der Waals surface area (Å²) >= 11 is 7.60. The van der Waals surface area contributed by atoms with E-state index in [0.29, 0.717) is 28.7 Å². The molecule has 90 valence electrons. The largest absolute Gasteiger partial charge is 0.397 e. The Kier molecular flexibility index (Phi) is 4.77. The lowest BCUT2D eigenvalue weighted by molar-refractivity contribution is 0.0997. The Bertz CT molecular complexity index is 338. The van der Waals surface area contributed by atoms with E-state index in [2.05, 4.69) is 5.32 Å². The molecular formula is C11H17ClN2OS. The van der Waals surface area contributed by atoms with E-state index >= 15 is 0 Å². The summed E-state index contributed by atoms with van der Waals surface area (Å²) in [6, 6.07) is 5.34. The average Bonchev–Trinajstić information content (AvgIpc) is 2.16. The third kappa shape index (κ3) is 3.77. The molecule has 16 heavy (non-hydrogen) atoms. The molecule has 1 unspecified atom stereocenters. The molecule has 0 aliphatic carbocycles. The van der Waals surface area contributed by atoms with Crippen molar-refractivity contribution >= 4 is 34.7 Å². The molecule has 1 aromatic rings. The number of benzene rings is 1. The molecule has 0 aromatic heterocycles. The highest BCUT2D eigenvalue weighted by atomic mass is 35.5. The molecule has 0 radical (unpaired) electrons. The lowest BCUT2D eigenvalue weighted by Crippen LogP contribution is -2.36. The van der Waals surface area contributed by atoms with Crippen LogP contribution in [0.25, 0.3) is 0 Å². The molecule has 0 bridgehead atoms. The van der Waals surface area contributed by atoms with Crippen LogP contribution in [-0.2, 0) is 0 Å². The minimum atomic E-state index is -0.773. The van der Waals surface area contributed by atoms with E-state index in [1.807, 2.05) is 6.26 Å². The number of nitrogens with one attached hydrogen (secondary N) is 1. The summed E-state index contributed by atoms with van der Waals surface area (Å²) in [6.07, 6.45) is 1.96. The Morgan fingerprint density at radius 2 is 2.25 bits per heavy atom. The van der Waals surface area contributed by atoms with E-state index in [1.54, 1.807) is 36.9 Å². The van der Waals surface area contributed by atoms with Gasteiger partial charge in [0.25, 0.3) is 0 Å². The third-order valence-corrected chi connectivity index (χ3v) is 3.37. The van der Waals surface area contributed by atoms with Crippen molar-refractivity contribution in [2.45, 2.75) is 12.5 Å². The average molecular weight is 261 g/mol. The predicted molar refractivity (Wildman–Crippen MR) is 73.4 cm³/mol. The van der Waals surface area contributed by atoms with Gasteiger partial charge in [-0.05, 0) is 25.3 Å². The van der Waals surface area contributed by atoms with Crippen LogP contribution in [-0.4, -0.2) is 29.3 Å². The fourth-order valence-corrected chi connectivity index (χ4v) is 2.34. The monoisotopic (exact) mass is 260 g/mol. The smallest absolute Gasteiger partial charge is 0.0881 e. The Hall–Kier alpha value is -0.580. The molecule has 5 heteroatoms. The minimum absolute atomic E-state index is 0.418. The molecule has 1 rings (SSSR count). The minimum Gasteiger partial charge on any atom is -0.397 e. The number of halogens is 1. The number of aliphatic hydroxyl groups is 1. The number of para-hydroxylation sites is 1. The lowest BCUT2D eigenvalue weighted by atomic mass is 10.1. The molecule has 1 atom stereocenters. The summed E-state index contributed by atoms with van der Waals surface area (Å²) in [7, 11) is 0. The van der Waals surface area contributed by atoms with Crippen LogP contribution in [0.15, 0.2) is 18.2 Å². The Morgan fingerprint density at radius 3 is 2.81 bits per heavy atom. The van der Waals surface area contributed by atoms with Crippen LogP contribution in [0.3, 0.4) is 0 Å². The van der Waals surface area contributed by atoms with Crippen LogP contribution < -0.4 is 11.1 Å².